The SMILES string of the molecule is CN1CCCC1Cn1c(=S)[nH]c2c(S(C)(=O)=O)cccc21. The highest BCUT2D eigenvalue weighted by Crippen LogP contribution is 2.24. The van der Waals surface area contributed by atoms with Crippen LogP contribution >= 0.6 is 12.2 Å². The summed E-state index contributed by atoms with van der Waals surface area (Å²) < 4.78 is 26.4. The van der Waals surface area contributed by atoms with Gasteiger partial charge in [0.25, 0.3) is 0 Å². The van der Waals surface area contributed by atoms with Crippen molar-refractivity contribution in [3.05, 3.63) is 23.0 Å². The lowest BCUT2D eigenvalue weighted by molar-refractivity contribution is 0.283. The minimum Gasteiger partial charge on any atom is -0.329 e. The number of hydrogen-bond donors (Lipinski definition) is 1. The summed E-state index contributed by atoms with van der Waals surface area (Å²) in [6.45, 7) is 1.90. The van der Waals surface area contributed by atoms with Crippen LogP contribution in [0.15, 0.2) is 23.1 Å². The Morgan fingerprint density at radius 2 is 2.19 bits per heavy atom. The van der Waals surface area contributed by atoms with Crippen LogP contribution in [-0.4, -0.2) is 48.8 Å². The molecule has 1 saturated heterocycles. The lowest BCUT2D eigenvalue weighted by Gasteiger charge is -2.20. The third-order valence-electron chi connectivity index (χ3n) is 4.24. The average Bonchev–Trinajstić information content (AvgIpc) is 2.93. The van der Waals surface area contributed by atoms with Gasteiger partial charge in [0, 0.05) is 18.8 Å². The summed E-state index contributed by atoms with van der Waals surface area (Å²) in [5.41, 5.74) is 1.48. The Bertz CT molecular complexity index is 836. The number of nitrogens with one attached hydrogen (secondary N) is 1. The van der Waals surface area contributed by atoms with Crippen LogP contribution in [0.3, 0.4) is 0 Å². The van der Waals surface area contributed by atoms with Gasteiger partial charge in [0.15, 0.2) is 14.6 Å². The second-order valence-electron chi connectivity index (χ2n) is 5.74. The van der Waals surface area contributed by atoms with Crippen LogP contribution in [0, 0.1) is 4.77 Å². The smallest absolute Gasteiger partial charge is 0.178 e. The Hall–Kier alpha value is -1.18. The third-order valence-corrected chi connectivity index (χ3v) is 5.70. The Morgan fingerprint density at radius 3 is 2.81 bits per heavy atom. The van der Waals surface area contributed by atoms with Crippen molar-refractivity contribution in [2.24, 2.45) is 0 Å². The summed E-state index contributed by atoms with van der Waals surface area (Å²) >= 11 is 5.40. The van der Waals surface area contributed by atoms with E-state index in [2.05, 4.69) is 16.9 Å². The van der Waals surface area contributed by atoms with Crippen LogP contribution in [0.1, 0.15) is 12.8 Å². The molecular formula is C14H19N3O2S2. The molecule has 0 radical (unpaired) electrons. The van der Waals surface area contributed by atoms with Gasteiger partial charge in [-0.15, -0.1) is 0 Å². The second-order valence-corrected chi connectivity index (χ2v) is 8.11. The molecule has 7 heteroatoms. The monoisotopic (exact) mass is 325 g/mol. The van der Waals surface area contributed by atoms with Gasteiger partial charge in [-0.3, -0.25) is 0 Å². The average molecular weight is 325 g/mol. The van der Waals surface area contributed by atoms with Gasteiger partial charge in [-0.2, -0.15) is 0 Å². The summed E-state index contributed by atoms with van der Waals surface area (Å²) in [5.74, 6) is 0. The fourth-order valence-corrected chi connectivity index (χ4v) is 4.19. The number of aromatic amines is 1. The number of aromatic nitrogens is 2. The molecule has 5 nitrogen and oxygen atoms in total. The first-order chi connectivity index (χ1) is 9.88. The highest BCUT2D eigenvalue weighted by atomic mass is 32.2. The maximum atomic E-state index is 11.9. The van der Waals surface area contributed by atoms with Gasteiger partial charge in [0.1, 0.15) is 0 Å². The maximum absolute atomic E-state index is 11.9. The van der Waals surface area contributed by atoms with E-state index >= 15 is 0 Å². The molecule has 0 spiro atoms. The van der Waals surface area contributed by atoms with Gasteiger partial charge >= 0.3 is 0 Å². The van der Waals surface area contributed by atoms with Crippen LogP contribution in [0.2, 0.25) is 0 Å². The summed E-state index contributed by atoms with van der Waals surface area (Å²) in [5, 5.41) is 0. The van der Waals surface area contributed by atoms with Crippen molar-refractivity contribution in [3.8, 4) is 0 Å². The molecule has 21 heavy (non-hydrogen) atoms. The maximum Gasteiger partial charge on any atom is 0.178 e. The number of nitrogens with zero attached hydrogens (tertiary/aromatic N) is 2. The molecule has 0 saturated carbocycles. The number of para-hydroxylation sites is 1. The number of fused-ring (bicyclic) bond motifs is 1. The van der Waals surface area contributed by atoms with E-state index in [1.165, 1.54) is 12.7 Å². The van der Waals surface area contributed by atoms with E-state index in [0.717, 1.165) is 25.0 Å². The van der Waals surface area contributed by atoms with Crippen molar-refractivity contribution >= 4 is 33.1 Å². The highest BCUT2D eigenvalue weighted by Gasteiger charge is 2.23. The first-order valence-corrected chi connectivity index (χ1v) is 9.30. The van der Waals surface area contributed by atoms with Gasteiger partial charge < -0.3 is 14.5 Å². The van der Waals surface area contributed by atoms with Crippen LogP contribution in [0.5, 0.6) is 0 Å². The zero-order valence-electron chi connectivity index (χ0n) is 12.2. The van der Waals surface area contributed by atoms with E-state index in [1.807, 2.05) is 10.6 Å². The summed E-state index contributed by atoms with van der Waals surface area (Å²) in [7, 11) is -1.15. The fourth-order valence-electron chi connectivity index (χ4n) is 3.06. The molecule has 1 aliphatic heterocycles. The van der Waals surface area contributed by atoms with E-state index < -0.39 is 9.84 Å². The zero-order valence-corrected chi connectivity index (χ0v) is 13.8. The molecule has 1 atom stereocenters. The van der Waals surface area contributed by atoms with Crippen molar-refractivity contribution in [2.75, 3.05) is 19.8 Å². The molecule has 0 aliphatic carbocycles. The first kappa shape index (κ1) is 14.7. The van der Waals surface area contributed by atoms with Crippen molar-refractivity contribution in [2.45, 2.75) is 30.3 Å². The number of likely N-dealkylation sites (tertiary alicyclic amines) is 1. The molecule has 1 aromatic carbocycles. The molecule has 1 aromatic heterocycles. The zero-order chi connectivity index (χ0) is 15.2. The van der Waals surface area contributed by atoms with Crippen LogP contribution in [0.4, 0.5) is 0 Å². The number of H-pyrrole nitrogens is 1. The molecule has 0 amide bonds. The summed E-state index contributed by atoms with van der Waals surface area (Å²) in [6, 6.07) is 5.77. The van der Waals surface area contributed by atoms with Crippen molar-refractivity contribution < 1.29 is 8.42 Å². The van der Waals surface area contributed by atoms with Crippen molar-refractivity contribution in [3.63, 3.8) is 0 Å². The number of hydrogen-bond acceptors (Lipinski definition) is 4. The Labute approximate surface area is 129 Å². The molecule has 3 rings (SSSR count). The van der Waals surface area contributed by atoms with Gasteiger partial charge in [0.2, 0.25) is 0 Å². The molecule has 1 N–H and O–H groups in total. The third kappa shape index (κ3) is 2.65. The van der Waals surface area contributed by atoms with E-state index in [4.69, 9.17) is 12.2 Å². The quantitative estimate of drug-likeness (QED) is 0.879. The molecule has 114 valence electrons. The first-order valence-electron chi connectivity index (χ1n) is 7.00. The van der Waals surface area contributed by atoms with Crippen molar-refractivity contribution in [1.29, 1.82) is 0 Å². The summed E-state index contributed by atoms with van der Waals surface area (Å²) in [4.78, 5) is 5.72. The van der Waals surface area contributed by atoms with E-state index in [9.17, 15) is 8.42 Å². The minimum atomic E-state index is -3.27. The Balaban J connectivity index is 2.12. The second kappa shape index (κ2) is 5.23. The number of imidazole rings is 1. The number of rotatable bonds is 3. The molecule has 1 fully saturated rings. The lowest BCUT2D eigenvalue weighted by Crippen LogP contribution is -2.29. The number of likely N-dealkylation sites (N-methyl/N-ethyl adjacent to an activating group) is 1. The summed E-state index contributed by atoms with van der Waals surface area (Å²) in [6.07, 6.45) is 3.57. The normalized spacial score (nSPS) is 20.4. The molecule has 2 heterocycles. The standard InChI is InChI=1S/C14H19N3O2S2/c1-16-8-4-5-10(16)9-17-11-6-3-7-12(21(2,18)19)13(11)15-14(17)20/h3,6-7,10H,4-5,8-9H2,1-2H3,(H,15,20). The topological polar surface area (TPSA) is 58.1 Å². The van der Waals surface area contributed by atoms with Crippen LogP contribution < -0.4 is 0 Å². The molecule has 1 unspecified atom stereocenters. The van der Waals surface area contributed by atoms with Gasteiger partial charge in [-0.25, -0.2) is 8.42 Å². The molecule has 2 aromatic rings. The molecule has 0 bridgehead atoms. The van der Waals surface area contributed by atoms with Gasteiger partial charge in [0.05, 0.1) is 15.9 Å². The lowest BCUT2D eigenvalue weighted by atomic mass is 10.2. The fraction of sp³-hybridized carbons (Fsp3) is 0.500. The Kier molecular flexibility index (Phi) is 3.67. The number of benzene rings is 1. The number of sulfone groups is 1. The predicted octanol–water partition coefficient (Wildman–Crippen LogP) is 2.20. The Morgan fingerprint density at radius 1 is 1.43 bits per heavy atom. The van der Waals surface area contributed by atoms with Gasteiger partial charge in [-0.1, -0.05) is 6.07 Å². The van der Waals surface area contributed by atoms with Crippen LogP contribution in [0.25, 0.3) is 11.0 Å². The van der Waals surface area contributed by atoms with Crippen LogP contribution in [-0.2, 0) is 16.4 Å². The molecular weight excluding hydrogens is 306 g/mol. The van der Waals surface area contributed by atoms with E-state index in [1.54, 1.807) is 12.1 Å². The molecule has 1 aliphatic rings. The largest absolute Gasteiger partial charge is 0.329 e. The van der Waals surface area contributed by atoms with E-state index in [0.29, 0.717) is 21.2 Å². The van der Waals surface area contributed by atoms with Gasteiger partial charge in [-0.05, 0) is 50.8 Å². The van der Waals surface area contributed by atoms with Crippen molar-refractivity contribution in [1.82, 2.24) is 14.5 Å². The highest BCUT2D eigenvalue weighted by molar-refractivity contribution is 7.91. The van der Waals surface area contributed by atoms with E-state index in [-0.39, 0.29) is 0 Å². The predicted molar refractivity (Wildman–Crippen MR) is 85.9 cm³/mol. The minimum absolute atomic E-state index is 0.310.